The average Bonchev–Trinajstić information content (AvgIpc) is 2.51. The van der Waals surface area contributed by atoms with Gasteiger partial charge in [0.2, 0.25) is 0 Å². The molecule has 0 atom stereocenters. The van der Waals surface area contributed by atoms with Crippen molar-refractivity contribution in [3.63, 3.8) is 0 Å². The van der Waals surface area contributed by atoms with E-state index in [1.54, 1.807) is 0 Å². The number of fused-ring (bicyclic) bond motifs is 1. The Morgan fingerprint density at radius 1 is 1.43 bits per heavy atom. The monoisotopic (exact) mass is 298 g/mol. The average molecular weight is 298 g/mol. The largest absolute Gasteiger partial charge is 0.319 e. The number of benzene rings is 1. The molecule has 0 aliphatic carbocycles. The Bertz CT molecular complexity index is 459. The van der Waals surface area contributed by atoms with Gasteiger partial charge in [0.05, 0.1) is 11.0 Å². The van der Waals surface area contributed by atoms with Gasteiger partial charge in [0.15, 0.2) is 3.83 Å². The molecule has 0 amide bonds. The molecule has 2 aromatic rings. The summed E-state index contributed by atoms with van der Waals surface area (Å²) < 4.78 is 3.27. The Morgan fingerprint density at radius 3 is 3.00 bits per heavy atom. The van der Waals surface area contributed by atoms with Crippen molar-refractivity contribution in [3.8, 4) is 0 Å². The van der Waals surface area contributed by atoms with E-state index in [-0.39, 0.29) is 0 Å². The highest BCUT2D eigenvalue weighted by molar-refractivity contribution is 14.1. The van der Waals surface area contributed by atoms with Crippen molar-refractivity contribution < 1.29 is 0 Å². The molecule has 0 fully saturated rings. The van der Waals surface area contributed by atoms with Crippen LogP contribution in [0, 0.1) is 3.83 Å². The SMILES string of the molecule is C=CCCn1c(I)nc2ccccc21. The maximum atomic E-state index is 4.48. The van der Waals surface area contributed by atoms with E-state index < -0.39 is 0 Å². The van der Waals surface area contributed by atoms with E-state index in [2.05, 4.69) is 44.8 Å². The second kappa shape index (κ2) is 4.13. The summed E-state index contributed by atoms with van der Waals surface area (Å²) in [5.41, 5.74) is 2.28. The van der Waals surface area contributed by atoms with Crippen LogP contribution in [0.4, 0.5) is 0 Å². The van der Waals surface area contributed by atoms with Gasteiger partial charge in [-0.3, -0.25) is 0 Å². The molecule has 0 saturated carbocycles. The van der Waals surface area contributed by atoms with Crippen LogP contribution in [0.3, 0.4) is 0 Å². The smallest absolute Gasteiger partial charge is 0.172 e. The van der Waals surface area contributed by atoms with Crippen LogP contribution in [0.25, 0.3) is 11.0 Å². The van der Waals surface area contributed by atoms with Gasteiger partial charge in [-0.2, -0.15) is 0 Å². The molecule has 0 unspecified atom stereocenters. The van der Waals surface area contributed by atoms with Crippen molar-refractivity contribution >= 4 is 33.6 Å². The minimum absolute atomic E-state index is 0.961. The molecule has 0 aliphatic heterocycles. The molecule has 1 heterocycles. The second-order valence-corrected chi connectivity index (χ2v) is 4.06. The van der Waals surface area contributed by atoms with Gasteiger partial charge in [-0.05, 0) is 41.1 Å². The van der Waals surface area contributed by atoms with E-state index in [9.17, 15) is 0 Å². The van der Waals surface area contributed by atoms with Crippen molar-refractivity contribution in [3.05, 3.63) is 40.8 Å². The van der Waals surface area contributed by atoms with Crippen LogP contribution in [0.2, 0.25) is 0 Å². The fraction of sp³-hybridized carbons (Fsp3) is 0.182. The third kappa shape index (κ3) is 1.68. The van der Waals surface area contributed by atoms with Gasteiger partial charge in [-0.1, -0.05) is 18.2 Å². The number of hydrogen-bond donors (Lipinski definition) is 0. The van der Waals surface area contributed by atoms with Crippen LogP contribution in [0.1, 0.15) is 6.42 Å². The van der Waals surface area contributed by atoms with Crippen molar-refractivity contribution in [2.24, 2.45) is 0 Å². The fourth-order valence-electron chi connectivity index (χ4n) is 1.48. The summed E-state index contributed by atoms with van der Waals surface area (Å²) in [7, 11) is 0. The lowest BCUT2D eigenvalue weighted by Gasteiger charge is -2.02. The first-order valence-corrected chi connectivity index (χ1v) is 5.62. The quantitative estimate of drug-likeness (QED) is 0.628. The first kappa shape index (κ1) is 9.71. The van der Waals surface area contributed by atoms with Crippen LogP contribution in [-0.4, -0.2) is 9.55 Å². The number of aromatic nitrogens is 2. The van der Waals surface area contributed by atoms with Gasteiger partial charge in [0.25, 0.3) is 0 Å². The molecule has 1 aromatic heterocycles. The number of halogens is 1. The summed E-state index contributed by atoms with van der Waals surface area (Å²) in [5.74, 6) is 0. The number of para-hydroxylation sites is 2. The van der Waals surface area contributed by atoms with Crippen molar-refractivity contribution in [1.29, 1.82) is 0 Å². The number of imidazole rings is 1. The molecule has 3 heteroatoms. The third-order valence-corrected chi connectivity index (χ3v) is 2.99. The molecule has 0 spiro atoms. The summed E-state index contributed by atoms with van der Waals surface area (Å²) in [4.78, 5) is 4.48. The molecular formula is C11H11IN2. The molecule has 0 aliphatic rings. The zero-order valence-corrected chi connectivity index (χ0v) is 9.94. The summed E-state index contributed by atoms with van der Waals surface area (Å²) in [6.07, 6.45) is 2.92. The van der Waals surface area contributed by atoms with Crippen LogP contribution >= 0.6 is 22.6 Å². The fourth-order valence-corrected chi connectivity index (χ4v) is 2.24. The first-order valence-electron chi connectivity index (χ1n) is 4.54. The maximum absolute atomic E-state index is 4.48. The standard InChI is InChI=1S/C11H11IN2/c1-2-3-8-14-10-7-5-4-6-9(10)13-11(14)12/h2,4-7H,1,3,8H2. The van der Waals surface area contributed by atoms with Gasteiger partial charge >= 0.3 is 0 Å². The molecular weight excluding hydrogens is 287 g/mol. The zero-order valence-electron chi connectivity index (χ0n) is 7.78. The molecule has 0 N–H and O–H groups in total. The molecule has 72 valence electrons. The van der Waals surface area contributed by atoms with Gasteiger partial charge < -0.3 is 4.57 Å². The van der Waals surface area contributed by atoms with Gasteiger partial charge in [-0.25, -0.2) is 4.98 Å². The molecule has 1 aromatic carbocycles. The highest BCUT2D eigenvalue weighted by Gasteiger charge is 2.05. The van der Waals surface area contributed by atoms with Gasteiger partial charge in [-0.15, -0.1) is 6.58 Å². The third-order valence-electron chi connectivity index (χ3n) is 2.16. The van der Waals surface area contributed by atoms with E-state index >= 15 is 0 Å². The molecule has 2 rings (SSSR count). The van der Waals surface area contributed by atoms with E-state index in [0.717, 1.165) is 22.3 Å². The zero-order chi connectivity index (χ0) is 9.97. The number of allylic oxidation sites excluding steroid dienone is 1. The topological polar surface area (TPSA) is 17.8 Å². The number of aryl methyl sites for hydroxylation is 1. The summed E-state index contributed by atoms with van der Waals surface area (Å²) in [6.45, 7) is 4.69. The highest BCUT2D eigenvalue weighted by atomic mass is 127. The lowest BCUT2D eigenvalue weighted by molar-refractivity contribution is 0.712. The Labute approximate surface area is 96.8 Å². The van der Waals surface area contributed by atoms with E-state index in [0.29, 0.717) is 0 Å². The van der Waals surface area contributed by atoms with E-state index in [1.165, 1.54) is 5.52 Å². The van der Waals surface area contributed by atoms with Gasteiger partial charge in [0.1, 0.15) is 0 Å². The Balaban J connectivity index is 2.50. The second-order valence-electron chi connectivity index (χ2n) is 3.10. The summed E-state index contributed by atoms with van der Waals surface area (Å²) in [5, 5.41) is 0. The normalized spacial score (nSPS) is 10.6. The Morgan fingerprint density at radius 2 is 2.21 bits per heavy atom. The first-order chi connectivity index (χ1) is 6.83. The number of hydrogen-bond acceptors (Lipinski definition) is 1. The molecule has 2 nitrogen and oxygen atoms in total. The predicted octanol–water partition coefficient (Wildman–Crippen LogP) is 3.22. The summed E-state index contributed by atoms with van der Waals surface area (Å²) in [6, 6.07) is 8.21. The van der Waals surface area contributed by atoms with E-state index in [4.69, 9.17) is 0 Å². The molecule has 0 radical (unpaired) electrons. The van der Waals surface area contributed by atoms with Crippen molar-refractivity contribution in [2.45, 2.75) is 13.0 Å². The van der Waals surface area contributed by atoms with Gasteiger partial charge in [0, 0.05) is 6.54 Å². The predicted molar refractivity (Wildman–Crippen MR) is 67.3 cm³/mol. The lowest BCUT2D eigenvalue weighted by atomic mass is 10.3. The Kier molecular flexibility index (Phi) is 2.86. The van der Waals surface area contributed by atoms with Crippen LogP contribution in [-0.2, 0) is 6.54 Å². The minimum atomic E-state index is 0.961. The van der Waals surface area contributed by atoms with Crippen LogP contribution in [0.5, 0.6) is 0 Å². The highest BCUT2D eigenvalue weighted by Crippen LogP contribution is 2.17. The minimum Gasteiger partial charge on any atom is -0.319 e. The van der Waals surface area contributed by atoms with Crippen molar-refractivity contribution in [2.75, 3.05) is 0 Å². The van der Waals surface area contributed by atoms with Crippen LogP contribution in [0.15, 0.2) is 36.9 Å². The van der Waals surface area contributed by atoms with Crippen LogP contribution < -0.4 is 0 Å². The lowest BCUT2D eigenvalue weighted by Crippen LogP contribution is -1.98. The summed E-state index contributed by atoms with van der Waals surface area (Å²) >= 11 is 2.27. The Hall–Kier alpha value is -0.840. The molecule has 14 heavy (non-hydrogen) atoms. The molecule has 0 saturated heterocycles. The van der Waals surface area contributed by atoms with Crippen molar-refractivity contribution in [1.82, 2.24) is 9.55 Å². The number of rotatable bonds is 3. The van der Waals surface area contributed by atoms with E-state index in [1.807, 2.05) is 24.3 Å². The molecule has 0 bridgehead atoms. The maximum Gasteiger partial charge on any atom is 0.172 e. The number of nitrogens with zero attached hydrogens (tertiary/aromatic N) is 2.